The second-order valence-corrected chi connectivity index (χ2v) is 12.8. The Bertz CT molecular complexity index is 2020. The van der Waals surface area contributed by atoms with Crippen LogP contribution in [-0.2, 0) is 19.4 Å². The number of carbonyl (C=O) groups is 2. The van der Waals surface area contributed by atoms with Crippen molar-refractivity contribution in [3.63, 3.8) is 0 Å². The standard InChI is InChI=1S/C32H24Cl2FN5O4S/c33-19-9-5-17(14-20(19)34)15-36-30(41)24-12-11-23(45-24)26-25(29-38-32(43)44-39-29)21(10-6-16-3-7-18(35)8-4-16)37-28-22-2-1-13-40(22)31(42)27(26)28/h3-5,7-9,11-12,14,22H,1-2,6,10,13,15H2,(H,36,41)(H,38,39,43)/t22-/m1/s1. The van der Waals surface area contributed by atoms with Crippen molar-refractivity contribution in [2.75, 3.05) is 6.54 Å². The zero-order valence-corrected chi connectivity index (χ0v) is 25.9. The Morgan fingerprint density at radius 2 is 1.82 bits per heavy atom. The lowest BCUT2D eigenvalue weighted by molar-refractivity contribution is 0.0776. The summed E-state index contributed by atoms with van der Waals surface area (Å²) in [4.78, 5) is 49.8. The molecule has 2 aliphatic rings. The maximum absolute atomic E-state index is 13.9. The van der Waals surface area contributed by atoms with E-state index in [0.29, 0.717) is 67.3 Å². The van der Waals surface area contributed by atoms with Gasteiger partial charge in [0.15, 0.2) is 5.82 Å². The van der Waals surface area contributed by atoms with Crippen LogP contribution >= 0.6 is 34.5 Å². The molecule has 3 aromatic heterocycles. The predicted molar refractivity (Wildman–Crippen MR) is 168 cm³/mol. The molecule has 5 heterocycles. The lowest BCUT2D eigenvalue weighted by Crippen LogP contribution is -2.23. The number of aryl methyl sites for hydroxylation is 2. The fourth-order valence-corrected chi connectivity index (χ4v) is 7.30. The Balaban J connectivity index is 1.31. The van der Waals surface area contributed by atoms with Gasteiger partial charge in [0.25, 0.3) is 11.8 Å². The summed E-state index contributed by atoms with van der Waals surface area (Å²) in [6.07, 6.45) is 2.60. The molecule has 5 aromatic rings. The molecule has 0 bridgehead atoms. The van der Waals surface area contributed by atoms with E-state index in [4.69, 9.17) is 32.7 Å². The molecule has 0 radical (unpaired) electrons. The van der Waals surface area contributed by atoms with Gasteiger partial charge in [0.1, 0.15) is 5.82 Å². The molecule has 0 unspecified atom stereocenters. The van der Waals surface area contributed by atoms with Crippen LogP contribution in [0.1, 0.15) is 61.4 Å². The summed E-state index contributed by atoms with van der Waals surface area (Å²) in [6, 6.07) is 14.7. The molecule has 1 saturated heterocycles. The molecule has 0 saturated carbocycles. The minimum Gasteiger partial charge on any atom is -0.347 e. The number of nitrogens with zero attached hydrogens (tertiary/aromatic N) is 3. The molecule has 228 valence electrons. The molecule has 2 amide bonds. The number of amides is 2. The monoisotopic (exact) mass is 663 g/mol. The van der Waals surface area contributed by atoms with Gasteiger partial charge in [-0.1, -0.05) is 46.6 Å². The highest BCUT2D eigenvalue weighted by Gasteiger charge is 2.44. The van der Waals surface area contributed by atoms with Crippen LogP contribution in [0.4, 0.5) is 4.39 Å². The van der Waals surface area contributed by atoms with E-state index in [9.17, 15) is 18.8 Å². The van der Waals surface area contributed by atoms with E-state index in [1.807, 2.05) is 4.90 Å². The average molecular weight is 665 g/mol. The van der Waals surface area contributed by atoms with E-state index in [0.717, 1.165) is 24.0 Å². The van der Waals surface area contributed by atoms with Crippen molar-refractivity contribution in [3.05, 3.63) is 114 Å². The third kappa shape index (κ3) is 5.56. The second-order valence-electron chi connectivity index (χ2n) is 10.9. The Morgan fingerprint density at radius 3 is 2.58 bits per heavy atom. The number of carbonyl (C=O) groups excluding carboxylic acids is 2. The summed E-state index contributed by atoms with van der Waals surface area (Å²) in [7, 11) is 0. The number of halogens is 3. The first-order valence-electron chi connectivity index (χ1n) is 14.3. The van der Waals surface area contributed by atoms with Gasteiger partial charge >= 0.3 is 5.76 Å². The van der Waals surface area contributed by atoms with E-state index >= 15 is 0 Å². The van der Waals surface area contributed by atoms with Gasteiger partial charge in [-0.05, 0) is 73.2 Å². The topological polar surface area (TPSA) is 121 Å². The minimum absolute atomic E-state index is 0.137. The number of thiophene rings is 1. The largest absolute Gasteiger partial charge is 0.439 e. The number of fused-ring (bicyclic) bond motifs is 3. The van der Waals surface area contributed by atoms with E-state index in [2.05, 4.69) is 15.5 Å². The van der Waals surface area contributed by atoms with Crippen LogP contribution in [0.2, 0.25) is 10.0 Å². The summed E-state index contributed by atoms with van der Waals surface area (Å²) in [5, 5.41) is 7.71. The molecule has 2 aliphatic heterocycles. The molecule has 2 aromatic carbocycles. The Hall–Kier alpha value is -4.32. The molecular formula is C32H24Cl2FN5O4S. The lowest BCUT2D eigenvalue weighted by Gasteiger charge is -2.16. The summed E-state index contributed by atoms with van der Waals surface area (Å²) < 4.78 is 18.5. The van der Waals surface area contributed by atoms with Gasteiger partial charge in [0.2, 0.25) is 0 Å². The molecule has 13 heteroatoms. The highest BCUT2D eigenvalue weighted by Crippen LogP contribution is 2.48. The van der Waals surface area contributed by atoms with Crippen LogP contribution in [0.5, 0.6) is 0 Å². The van der Waals surface area contributed by atoms with Crippen molar-refractivity contribution in [2.24, 2.45) is 0 Å². The summed E-state index contributed by atoms with van der Waals surface area (Å²) in [5.41, 5.74) is 4.42. The third-order valence-electron chi connectivity index (χ3n) is 8.10. The first-order valence-corrected chi connectivity index (χ1v) is 15.8. The van der Waals surface area contributed by atoms with Crippen LogP contribution in [-0.4, -0.2) is 38.4 Å². The molecule has 1 fully saturated rings. The number of rotatable bonds is 8. The first-order chi connectivity index (χ1) is 21.8. The zero-order valence-electron chi connectivity index (χ0n) is 23.5. The fraction of sp³-hybridized carbons (Fsp3) is 0.219. The molecule has 1 atom stereocenters. The van der Waals surface area contributed by atoms with Crippen molar-refractivity contribution >= 4 is 46.4 Å². The van der Waals surface area contributed by atoms with Crippen molar-refractivity contribution in [2.45, 2.75) is 38.3 Å². The van der Waals surface area contributed by atoms with Crippen LogP contribution in [0.25, 0.3) is 21.8 Å². The Kier molecular flexibility index (Phi) is 7.76. The summed E-state index contributed by atoms with van der Waals surface area (Å²) >= 11 is 13.4. The van der Waals surface area contributed by atoms with Gasteiger partial charge < -0.3 is 10.2 Å². The molecule has 7 rings (SSSR count). The maximum Gasteiger partial charge on any atom is 0.439 e. The molecule has 45 heavy (non-hydrogen) atoms. The number of aromatic amines is 1. The average Bonchev–Trinajstić information content (AvgIpc) is 3.84. The number of aromatic nitrogens is 3. The molecule has 9 nitrogen and oxygen atoms in total. The Morgan fingerprint density at radius 1 is 1.02 bits per heavy atom. The second kappa shape index (κ2) is 11.9. The number of hydrogen-bond donors (Lipinski definition) is 2. The Labute approximate surface area is 270 Å². The van der Waals surface area contributed by atoms with Crippen LogP contribution in [0.3, 0.4) is 0 Å². The number of nitrogens with one attached hydrogen (secondary N) is 2. The van der Waals surface area contributed by atoms with Crippen molar-refractivity contribution in [1.82, 2.24) is 25.3 Å². The molecule has 0 spiro atoms. The van der Waals surface area contributed by atoms with Crippen molar-refractivity contribution < 1.29 is 18.5 Å². The number of hydrogen-bond acceptors (Lipinski definition) is 7. The summed E-state index contributed by atoms with van der Waals surface area (Å²) in [5.74, 6) is -1.39. The zero-order chi connectivity index (χ0) is 31.2. The quantitative estimate of drug-likeness (QED) is 0.193. The predicted octanol–water partition coefficient (Wildman–Crippen LogP) is 6.61. The van der Waals surface area contributed by atoms with Gasteiger partial charge in [0.05, 0.1) is 43.5 Å². The van der Waals surface area contributed by atoms with Crippen LogP contribution < -0.4 is 11.1 Å². The highest BCUT2D eigenvalue weighted by atomic mass is 35.5. The number of H-pyrrole nitrogens is 1. The van der Waals surface area contributed by atoms with Crippen LogP contribution in [0.15, 0.2) is 63.9 Å². The molecule has 2 N–H and O–H groups in total. The minimum atomic E-state index is -0.749. The van der Waals surface area contributed by atoms with E-state index < -0.39 is 5.76 Å². The van der Waals surface area contributed by atoms with E-state index in [-0.39, 0.29) is 36.0 Å². The van der Waals surface area contributed by atoms with Gasteiger partial charge in [-0.15, -0.1) is 11.3 Å². The van der Waals surface area contributed by atoms with Gasteiger partial charge in [-0.3, -0.25) is 24.1 Å². The van der Waals surface area contributed by atoms with Crippen molar-refractivity contribution in [1.29, 1.82) is 0 Å². The maximum atomic E-state index is 13.9. The molecule has 0 aliphatic carbocycles. The normalized spacial score (nSPS) is 15.4. The van der Waals surface area contributed by atoms with Gasteiger partial charge in [-0.2, -0.15) is 0 Å². The highest BCUT2D eigenvalue weighted by molar-refractivity contribution is 7.17. The number of pyridine rings is 1. The summed E-state index contributed by atoms with van der Waals surface area (Å²) in [6.45, 7) is 0.856. The lowest BCUT2D eigenvalue weighted by atomic mass is 9.93. The smallest absolute Gasteiger partial charge is 0.347 e. The van der Waals surface area contributed by atoms with E-state index in [1.165, 1.54) is 23.5 Å². The van der Waals surface area contributed by atoms with Gasteiger partial charge in [-0.25, -0.2) is 9.18 Å². The first kappa shape index (κ1) is 29.4. The van der Waals surface area contributed by atoms with Crippen LogP contribution in [0, 0.1) is 5.82 Å². The van der Waals surface area contributed by atoms with Gasteiger partial charge in [0, 0.05) is 23.5 Å². The molecular weight excluding hydrogens is 640 g/mol. The van der Waals surface area contributed by atoms with E-state index in [1.54, 1.807) is 42.5 Å². The van der Waals surface area contributed by atoms with Crippen molar-refractivity contribution in [3.8, 4) is 21.8 Å². The third-order valence-corrected chi connectivity index (χ3v) is 9.94. The fourth-order valence-electron chi connectivity index (χ4n) is 6.00. The number of benzene rings is 2. The SMILES string of the molecule is O=C(NCc1ccc(Cl)c(Cl)c1)c1ccc(-c2c3c(nc(CCc4ccc(F)cc4)c2-c2noc(=O)[nH]2)[C@H]2CCCN2C3=O)s1.